The van der Waals surface area contributed by atoms with Crippen LogP contribution in [-0.4, -0.2) is 36.2 Å². The number of anilines is 2. The SMILES string of the molecule is COc1ccc(Oc2ncnc(Nc3cc(OC)ccc3OC)c2[N+](=O)[O-])cc1. The maximum Gasteiger partial charge on any atom is 0.373 e. The molecule has 1 N–H and O–H groups in total. The summed E-state index contributed by atoms with van der Waals surface area (Å²) >= 11 is 0. The van der Waals surface area contributed by atoms with Crippen molar-refractivity contribution >= 4 is 17.2 Å². The Morgan fingerprint density at radius 1 is 0.897 bits per heavy atom. The number of hydrogen-bond acceptors (Lipinski definition) is 9. The van der Waals surface area contributed by atoms with Gasteiger partial charge in [-0.15, -0.1) is 0 Å². The maximum absolute atomic E-state index is 11.7. The van der Waals surface area contributed by atoms with Gasteiger partial charge in [0.15, 0.2) is 0 Å². The molecule has 0 spiro atoms. The number of nitrogens with zero attached hydrogens (tertiary/aromatic N) is 3. The zero-order valence-corrected chi connectivity index (χ0v) is 15.9. The standard InChI is InChI=1S/C19H18N4O6/c1-26-12-4-6-13(7-5-12)29-19-17(23(24)25)18(20-11-21-19)22-15-10-14(27-2)8-9-16(15)28-3/h4-11H,1-3H3,(H,20,21,22). The van der Waals surface area contributed by atoms with Gasteiger partial charge in [-0.05, 0) is 36.4 Å². The first-order chi connectivity index (χ1) is 14.0. The molecule has 0 aliphatic rings. The predicted molar refractivity (Wildman–Crippen MR) is 105 cm³/mol. The van der Waals surface area contributed by atoms with E-state index < -0.39 is 10.6 Å². The number of methoxy groups -OCH3 is 3. The predicted octanol–water partition coefficient (Wildman–Crippen LogP) is 3.95. The van der Waals surface area contributed by atoms with Crippen molar-refractivity contribution in [2.75, 3.05) is 26.6 Å². The van der Waals surface area contributed by atoms with Gasteiger partial charge in [-0.3, -0.25) is 10.1 Å². The Morgan fingerprint density at radius 3 is 2.17 bits per heavy atom. The van der Waals surface area contributed by atoms with E-state index >= 15 is 0 Å². The van der Waals surface area contributed by atoms with Gasteiger partial charge in [-0.2, -0.15) is 4.98 Å². The van der Waals surface area contributed by atoms with Crippen LogP contribution in [0.25, 0.3) is 0 Å². The van der Waals surface area contributed by atoms with Gasteiger partial charge in [0, 0.05) is 6.07 Å². The van der Waals surface area contributed by atoms with Gasteiger partial charge in [0.05, 0.1) is 31.9 Å². The highest BCUT2D eigenvalue weighted by atomic mass is 16.6. The highest BCUT2D eigenvalue weighted by Gasteiger charge is 2.26. The fraction of sp³-hybridized carbons (Fsp3) is 0.158. The minimum absolute atomic E-state index is 0.0555. The van der Waals surface area contributed by atoms with Gasteiger partial charge < -0.3 is 24.3 Å². The van der Waals surface area contributed by atoms with Gasteiger partial charge >= 0.3 is 11.6 Å². The molecule has 10 nitrogen and oxygen atoms in total. The Morgan fingerprint density at radius 2 is 1.55 bits per heavy atom. The van der Waals surface area contributed by atoms with Crippen LogP contribution in [0.4, 0.5) is 17.2 Å². The van der Waals surface area contributed by atoms with Crippen molar-refractivity contribution in [3.8, 4) is 28.9 Å². The van der Waals surface area contributed by atoms with E-state index in [2.05, 4.69) is 15.3 Å². The average molecular weight is 398 g/mol. The molecule has 3 rings (SSSR count). The van der Waals surface area contributed by atoms with E-state index in [1.807, 2.05) is 0 Å². The highest BCUT2D eigenvalue weighted by Crippen LogP contribution is 2.38. The van der Waals surface area contributed by atoms with Crippen molar-refractivity contribution in [2.24, 2.45) is 0 Å². The summed E-state index contributed by atoms with van der Waals surface area (Å²) in [6.07, 6.45) is 1.17. The van der Waals surface area contributed by atoms with Crippen molar-refractivity contribution in [3.63, 3.8) is 0 Å². The van der Waals surface area contributed by atoms with Crippen LogP contribution in [0.1, 0.15) is 0 Å². The number of nitro groups is 1. The van der Waals surface area contributed by atoms with Crippen LogP contribution in [0.2, 0.25) is 0 Å². The second kappa shape index (κ2) is 8.74. The van der Waals surface area contributed by atoms with Gasteiger partial charge in [-0.25, -0.2) is 4.98 Å². The summed E-state index contributed by atoms with van der Waals surface area (Å²) in [5.41, 5.74) is 0.0113. The van der Waals surface area contributed by atoms with E-state index in [-0.39, 0.29) is 11.7 Å². The monoisotopic (exact) mass is 398 g/mol. The molecule has 0 atom stereocenters. The number of aromatic nitrogens is 2. The van der Waals surface area contributed by atoms with Crippen LogP contribution < -0.4 is 24.3 Å². The molecular formula is C19H18N4O6. The summed E-state index contributed by atoms with van der Waals surface area (Å²) in [4.78, 5) is 19.0. The number of ether oxygens (including phenoxy) is 4. The lowest BCUT2D eigenvalue weighted by Crippen LogP contribution is -2.04. The molecule has 0 aliphatic carbocycles. The van der Waals surface area contributed by atoms with E-state index in [1.165, 1.54) is 27.7 Å². The molecule has 0 fully saturated rings. The Balaban J connectivity index is 1.98. The Kier molecular flexibility index (Phi) is 5.93. The summed E-state index contributed by atoms with van der Waals surface area (Å²) in [5.74, 6) is 1.72. The third-order valence-electron chi connectivity index (χ3n) is 3.90. The minimum Gasteiger partial charge on any atom is -0.497 e. The molecule has 1 heterocycles. The minimum atomic E-state index is -0.617. The largest absolute Gasteiger partial charge is 0.497 e. The fourth-order valence-corrected chi connectivity index (χ4v) is 2.49. The van der Waals surface area contributed by atoms with Gasteiger partial charge in [-0.1, -0.05) is 0 Å². The summed E-state index contributed by atoms with van der Waals surface area (Å²) in [6.45, 7) is 0. The lowest BCUT2D eigenvalue weighted by Gasteiger charge is -2.13. The molecule has 0 aliphatic heterocycles. The maximum atomic E-state index is 11.7. The molecule has 1 aromatic heterocycles. The average Bonchev–Trinajstić information content (AvgIpc) is 2.74. The lowest BCUT2D eigenvalue weighted by molar-refractivity contribution is -0.385. The molecule has 150 valence electrons. The van der Waals surface area contributed by atoms with Crippen molar-refractivity contribution in [2.45, 2.75) is 0 Å². The third-order valence-corrected chi connectivity index (χ3v) is 3.90. The zero-order valence-electron chi connectivity index (χ0n) is 15.9. The van der Waals surface area contributed by atoms with Crippen molar-refractivity contribution in [3.05, 3.63) is 58.9 Å². The summed E-state index contributed by atoms with van der Waals surface area (Å²) < 4.78 is 21.2. The molecule has 0 saturated carbocycles. The second-order valence-electron chi connectivity index (χ2n) is 5.60. The van der Waals surface area contributed by atoms with Crippen LogP contribution in [0.3, 0.4) is 0 Å². The smallest absolute Gasteiger partial charge is 0.373 e. The molecule has 29 heavy (non-hydrogen) atoms. The fourth-order valence-electron chi connectivity index (χ4n) is 2.49. The first-order valence-corrected chi connectivity index (χ1v) is 8.36. The highest BCUT2D eigenvalue weighted by molar-refractivity contribution is 5.73. The molecule has 0 amide bonds. The van der Waals surface area contributed by atoms with E-state index in [0.717, 1.165) is 0 Å². The Labute approximate surface area is 166 Å². The quantitative estimate of drug-likeness (QED) is 0.444. The van der Waals surface area contributed by atoms with E-state index in [0.29, 0.717) is 28.7 Å². The molecule has 0 bridgehead atoms. The van der Waals surface area contributed by atoms with Crippen LogP contribution in [0.5, 0.6) is 28.9 Å². The summed E-state index contributed by atoms with van der Waals surface area (Å²) in [5, 5.41) is 14.6. The van der Waals surface area contributed by atoms with Crippen LogP contribution in [0.15, 0.2) is 48.8 Å². The molecule has 10 heteroatoms. The van der Waals surface area contributed by atoms with E-state index in [1.54, 1.807) is 42.5 Å². The molecule has 2 aromatic carbocycles. The van der Waals surface area contributed by atoms with Crippen molar-refractivity contribution in [1.82, 2.24) is 9.97 Å². The topological polar surface area (TPSA) is 118 Å². The molecule has 0 saturated heterocycles. The van der Waals surface area contributed by atoms with Gasteiger partial charge in [0.2, 0.25) is 5.82 Å². The number of rotatable bonds is 8. The third kappa shape index (κ3) is 4.43. The number of benzene rings is 2. The first kappa shape index (κ1) is 19.7. The summed E-state index contributed by atoms with van der Waals surface area (Å²) in [7, 11) is 4.54. The van der Waals surface area contributed by atoms with Crippen LogP contribution in [-0.2, 0) is 0 Å². The zero-order chi connectivity index (χ0) is 20.8. The normalized spacial score (nSPS) is 10.2. The first-order valence-electron chi connectivity index (χ1n) is 8.36. The Bertz CT molecular complexity index is 1010. The molecule has 3 aromatic rings. The van der Waals surface area contributed by atoms with Crippen LogP contribution in [0, 0.1) is 10.1 Å². The molecule has 0 radical (unpaired) electrons. The summed E-state index contributed by atoms with van der Waals surface area (Å²) in [6, 6.07) is 11.6. The molecule has 0 unspecified atom stereocenters. The second-order valence-corrected chi connectivity index (χ2v) is 5.60. The van der Waals surface area contributed by atoms with Gasteiger partial charge in [0.25, 0.3) is 0 Å². The van der Waals surface area contributed by atoms with E-state index in [9.17, 15) is 10.1 Å². The van der Waals surface area contributed by atoms with Gasteiger partial charge in [0.1, 0.15) is 29.3 Å². The van der Waals surface area contributed by atoms with Crippen molar-refractivity contribution in [1.29, 1.82) is 0 Å². The molecular weight excluding hydrogens is 380 g/mol. The van der Waals surface area contributed by atoms with Crippen LogP contribution >= 0.6 is 0 Å². The number of hydrogen-bond donors (Lipinski definition) is 1. The van der Waals surface area contributed by atoms with E-state index in [4.69, 9.17) is 18.9 Å². The van der Waals surface area contributed by atoms with Crippen molar-refractivity contribution < 1.29 is 23.9 Å². The Hall–Kier alpha value is -4.08. The lowest BCUT2D eigenvalue weighted by atomic mass is 10.2. The number of nitrogens with one attached hydrogen (secondary N) is 1.